The maximum absolute atomic E-state index is 14.7. The number of unbranched alkanes of at least 4 members (excludes halogenated alkanes) is 1. The van der Waals surface area contributed by atoms with Crippen LogP contribution in [0.2, 0.25) is 0 Å². The molecule has 1 aliphatic heterocycles. The summed E-state index contributed by atoms with van der Waals surface area (Å²) in [5, 5.41) is 12.1. The normalized spacial score (nSPS) is 17.3. The number of nitrogens with one attached hydrogen (secondary N) is 5. The highest BCUT2D eigenvalue weighted by Crippen LogP contribution is 2.22. The van der Waals surface area contributed by atoms with Crippen LogP contribution in [0.3, 0.4) is 0 Å². The van der Waals surface area contributed by atoms with Crippen LogP contribution in [0.25, 0.3) is 10.9 Å². The van der Waals surface area contributed by atoms with E-state index in [1.807, 2.05) is 57.2 Å². The molecule has 1 saturated heterocycles. The van der Waals surface area contributed by atoms with Gasteiger partial charge in [0.25, 0.3) is 5.91 Å². The molecule has 4 aromatic rings. The number of benzene rings is 3. The van der Waals surface area contributed by atoms with Gasteiger partial charge in [-0.1, -0.05) is 99.6 Å². The van der Waals surface area contributed by atoms with E-state index in [-0.39, 0.29) is 44.1 Å². The van der Waals surface area contributed by atoms with Gasteiger partial charge in [0.1, 0.15) is 30.8 Å². The highest BCUT2D eigenvalue weighted by molar-refractivity contribution is 6.05. The summed E-state index contributed by atoms with van der Waals surface area (Å²) in [7, 11) is 0. The minimum atomic E-state index is -1.34. The number of rotatable bonds is 16. The molecule has 7 N–H and O–H groups in total. The maximum atomic E-state index is 14.7. The Morgan fingerprint density at radius 2 is 1.57 bits per heavy atom. The molecule has 0 spiro atoms. The molecule has 4 atom stereocenters. The molecule has 1 fully saturated rings. The van der Waals surface area contributed by atoms with Crippen molar-refractivity contribution < 1.29 is 33.5 Å². The summed E-state index contributed by atoms with van der Waals surface area (Å²) in [6, 6.07) is 20.7. The third-order valence-electron chi connectivity index (χ3n) is 9.94. The van der Waals surface area contributed by atoms with E-state index in [0.29, 0.717) is 31.5 Å². The molecule has 0 bridgehead atoms. The van der Waals surface area contributed by atoms with Gasteiger partial charge in [-0.3, -0.25) is 28.9 Å². The SMILES string of the molecule is CC(C)(C)CNC(=O)[C@H](Cc1c[nH]c2ccccc12)NC(=O)[C@H](CCCCN)N1C(=O)CC[C@@H](NC(=O)OCc2ccccc2)C(=O)N[C@H](Cc2ccccc2)C1=O. The van der Waals surface area contributed by atoms with Crippen LogP contribution >= 0.6 is 0 Å². The van der Waals surface area contributed by atoms with Crippen molar-refractivity contribution in [2.24, 2.45) is 11.1 Å². The van der Waals surface area contributed by atoms with E-state index in [1.165, 1.54) is 0 Å². The van der Waals surface area contributed by atoms with Gasteiger partial charge in [0.05, 0.1) is 0 Å². The lowest BCUT2D eigenvalue weighted by molar-refractivity contribution is -0.154. The second kappa shape index (κ2) is 20.4. The Morgan fingerprint density at radius 3 is 2.26 bits per heavy atom. The third kappa shape index (κ3) is 12.2. The first-order valence-corrected chi connectivity index (χ1v) is 19.8. The number of aromatic nitrogens is 1. The van der Waals surface area contributed by atoms with E-state index in [9.17, 15) is 28.8 Å². The fraction of sp³-hybridized carbons (Fsp3) is 0.409. The van der Waals surface area contributed by atoms with E-state index in [2.05, 4.69) is 26.3 Å². The summed E-state index contributed by atoms with van der Waals surface area (Å²) >= 11 is 0. The largest absolute Gasteiger partial charge is 0.445 e. The number of nitrogens with two attached hydrogens (primary N) is 1. The first kappa shape index (κ1) is 43.1. The second-order valence-electron chi connectivity index (χ2n) is 15.9. The van der Waals surface area contributed by atoms with Crippen molar-refractivity contribution in [1.29, 1.82) is 0 Å². The number of amides is 6. The number of alkyl carbamates (subject to hydrolysis) is 1. The predicted octanol–water partition coefficient (Wildman–Crippen LogP) is 4.03. The van der Waals surface area contributed by atoms with Crippen molar-refractivity contribution in [3.05, 3.63) is 108 Å². The Morgan fingerprint density at radius 1 is 0.897 bits per heavy atom. The average molecular weight is 794 g/mol. The molecule has 0 saturated carbocycles. The molecule has 3 aromatic carbocycles. The molecular weight excluding hydrogens is 739 g/mol. The van der Waals surface area contributed by atoms with Gasteiger partial charge in [-0.15, -0.1) is 0 Å². The van der Waals surface area contributed by atoms with Crippen LogP contribution in [-0.4, -0.2) is 82.8 Å². The molecule has 14 nitrogen and oxygen atoms in total. The van der Waals surface area contributed by atoms with Crippen molar-refractivity contribution >= 4 is 46.5 Å². The first-order chi connectivity index (χ1) is 27.8. The number of imide groups is 1. The van der Waals surface area contributed by atoms with Gasteiger partial charge in [-0.2, -0.15) is 0 Å². The Balaban J connectivity index is 1.45. The molecule has 308 valence electrons. The molecule has 5 rings (SSSR count). The van der Waals surface area contributed by atoms with Crippen LogP contribution in [0.1, 0.15) is 69.6 Å². The molecule has 6 amide bonds. The smallest absolute Gasteiger partial charge is 0.408 e. The molecule has 0 radical (unpaired) electrons. The van der Waals surface area contributed by atoms with E-state index >= 15 is 0 Å². The maximum Gasteiger partial charge on any atom is 0.408 e. The van der Waals surface area contributed by atoms with Gasteiger partial charge in [-0.25, -0.2) is 4.79 Å². The predicted molar refractivity (Wildman–Crippen MR) is 220 cm³/mol. The summed E-state index contributed by atoms with van der Waals surface area (Å²) in [5.74, 6) is -3.29. The van der Waals surface area contributed by atoms with Crippen LogP contribution in [0.4, 0.5) is 4.79 Å². The van der Waals surface area contributed by atoms with Crippen molar-refractivity contribution in [1.82, 2.24) is 31.2 Å². The van der Waals surface area contributed by atoms with Crippen molar-refractivity contribution in [2.75, 3.05) is 13.1 Å². The molecule has 58 heavy (non-hydrogen) atoms. The van der Waals surface area contributed by atoms with E-state index in [4.69, 9.17) is 10.5 Å². The number of ether oxygens (including phenoxy) is 1. The Labute approximate surface area is 339 Å². The lowest BCUT2D eigenvalue weighted by Crippen LogP contribution is -2.60. The molecule has 1 aliphatic rings. The number of para-hydroxylation sites is 1. The van der Waals surface area contributed by atoms with Gasteiger partial charge in [0.2, 0.25) is 23.6 Å². The number of hydrogen-bond donors (Lipinski definition) is 6. The summed E-state index contributed by atoms with van der Waals surface area (Å²) in [6.07, 6.45) is 1.47. The number of aromatic amines is 1. The van der Waals surface area contributed by atoms with Gasteiger partial charge in [0, 0.05) is 42.9 Å². The first-order valence-electron chi connectivity index (χ1n) is 19.8. The molecule has 2 heterocycles. The zero-order chi connectivity index (χ0) is 41.7. The number of H-pyrrole nitrogens is 1. The van der Waals surface area contributed by atoms with Crippen LogP contribution in [-0.2, 0) is 48.2 Å². The highest BCUT2D eigenvalue weighted by atomic mass is 16.5. The van der Waals surface area contributed by atoms with Gasteiger partial charge in [-0.05, 0) is 60.4 Å². The molecule has 14 heteroatoms. The van der Waals surface area contributed by atoms with Gasteiger partial charge >= 0.3 is 6.09 Å². The highest BCUT2D eigenvalue weighted by Gasteiger charge is 2.42. The van der Waals surface area contributed by atoms with Crippen molar-refractivity contribution in [3.8, 4) is 0 Å². The Bertz CT molecular complexity index is 2030. The zero-order valence-corrected chi connectivity index (χ0v) is 33.4. The lowest BCUT2D eigenvalue weighted by Gasteiger charge is -2.33. The number of hydrogen-bond acceptors (Lipinski definition) is 8. The van der Waals surface area contributed by atoms with Crippen molar-refractivity contribution in [2.45, 2.75) is 96.5 Å². The number of carbonyl (C=O) groups is 6. The summed E-state index contributed by atoms with van der Waals surface area (Å²) in [6.45, 7) is 6.55. The monoisotopic (exact) mass is 793 g/mol. The standard InChI is InChI=1S/C44H55N7O7/c1-44(2,3)28-47-39(53)35(25-31-26-46-33-19-11-10-18-32(31)33)48-41(55)37(20-12-13-23-45)51-38(52)22-21-34(50-43(57)58-27-30-16-8-5-9-17-30)40(54)49-36(42(51)56)24-29-14-6-4-7-15-29/h4-11,14-19,26,34-37,46H,12-13,20-25,27-28,45H2,1-3H3,(H,47,53)(H,48,55)(H,49,54)(H,50,57)/t34-,35+,36-,37+/m1/s1. The van der Waals surface area contributed by atoms with Gasteiger partial charge < -0.3 is 36.7 Å². The molecule has 1 aromatic heterocycles. The van der Waals surface area contributed by atoms with Gasteiger partial charge in [0.15, 0.2) is 0 Å². The number of nitrogens with zero attached hydrogens (tertiary/aromatic N) is 1. The Hall–Kier alpha value is -6.02. The summed E-state index contributed by atoms with van der Waals surface area (Å²) in [4.78, 5) is 88.4. The minimum Gasteiger partial charge on any atom is -0.445 e. The summed E-state index contributed by atoms with van der Waals surface area (Å²) in [5.41, 5.74) is 8.69. The fourth-order valence-electron chi connectivity index (χ4n) is 6.84. The second-order valence-corrected chi connectivity index (χ2v) is 15.9. The minimum absolute atomic E-state index is 0.00406. The molecule has 0 unspecified atom stereocenters. The fourth-order valence-corrected chi connectivity index (χ4v) is 6.84. The van der Waals surface area contributed by atoms with E-state index in [0.717, 1.165) is 26.9 Å². The van der Waals surface area contributed by atoms with E-state index < -0.39 is 59.8 Å². The number of carbonyl (C=O) groups excluding carboxylic acids is 6. The Kier molecular flexibility index (Phi) is 15.2. The van der Waals surface area contributed by atoms with Crippen LogP contribution < -0.4 is 27.0 Å². The van der Waals surface area contributed by atoms with Crippen molar-refractivity contribution in [3.63, 3.8) is 0 Å². The van der Waals surface area contributed by atoms with Crippen LogP contribution in [0.15, 0.2) is 91.1 Å². The number of fused-ring (bicyclic) bond motifs is 1. The molecular formula is C44H55N7O7. The summed E-state index contributed by atoms with van der Waals surface area (Å²) < 4.78 is 5.36. The average Bonchev–Trinajstić information content (AvgIpc) is 3.63. The topological polar surface area (TPSA) is 205 Å². The van der Waals surface area contributed by atoms with Crippen LogP contribution in [0.5, 0.6) is 0 Å². The zero-order valence-electron chi connectivity index (χ0n) is 33.4. The lowest BCUT2D eigenvalue weighted by atomic mass is 9.96. The van der Waals surface area contributed by atoms with E-state index in [1.54, 1.807) is 54.7 Å². The van der Waals surface area contributed by atoms with Crippen LogP contribution in [0, 0.1) is 5.41 Å². The quantitative estimate of drug-likeness (QED) is 0.0721. The molecule has 0 aliphatic carbocycles. The third-order valence-corrected chi connectivity index (χ3v) is 9.94.